The number of thioether (sulfide) groups is 1. The van der Waals surface area contributed by atoms with Gasteiger partial charge in [0.15, 0.2) is 19.1 Å². The van der Waals surface area contributed by atoms with Crippen LogP contribution in [0.15, 0.2) is 18.2 Å². The molecular weight excluding hydrogens is 312 g/mol. The molecule has 1 aromatic carbocycles. The fourth-order valence-corrected chi connectivity index (χ4v) is 1.95. The van der Waals surface area contributed by atoms with Crippen molar-refractivity contribution in [2.45, 2.75) is 24.1 Å². The quantitative estimate of drug-likeness (QED) is 0.767. The number of carbonyl (C=O) groups excluding carboxylic acids is 1. The second-order valence-corrected chi connectivity index (χ2v) is 4.84. The van der Waals surface area contributed by atoms with E-state index in [-0.39, 0.29) is 16.7 Å². The van der Waals surface area contributed by atoms with Crippen molar-refractivity contribution in [1.82, 2.24) is 15.9 Å². The first-order valence-electron chi connectivity index (χ1n) is 11.3. The highest BCUT2D eigenvalue weighted by molar-refractivity contribution is 7.99. The Kier molecular flexibility index (Phi) is 2.04. The summed E-state index contributed by atoms with van der Waals surface area (Å²) >= 11 is 0.322. The lowest BCUT2D eigenvalue weighted by atomic mass is 9.92. The van der Waals surface area contributed by atoms with Gasteiger partial charge in [-0.05, 0) is 18.4 Å². The monoisotopic (exact) mass is 340 g/mol. The van der Waals surface area contributed by atoms with Crippen LogP contribution in [-0.4, -0.2) is 36.4 Å². The van der Waals surface area contributed by atoms with Crippen LogP contribution in [-0.2, 0) is 4.79 Å². The van der Waals surface area contributed by atoms with Crippen LogP contribution in [0.1, 0.15) is 17.3 Å². The van der Waals surface area contributed by atoms with E-state index in [1.807, 2.05) is 0 Å². The van der Waals surface area contributed by atoms with Gasteiger partial charge in [-0.2, -0.15) is 0 Å². The van der Waals surface area contributed by atoms with E-state index >= 15 is 0 Å². The van der Waals surface area contributed by atoms with Crippen LogP contribution in [0.4, 0.5) is 8.78 Å². The van der Waals surface area contributed by atoms with Crippen LogP contribution in [0.5, 0.6) is 5.75 Å². The van der Waals surface area contributed by atoms with Crippen LogP contribution >= 0.6 is 11.8 Å². The number of benzene rings is 1. The zero-order valence-electron chi connectivity index (χ0n) is 22.1. The van der Waals surface area contributed by atoms with Crippen molar-refractivity contribution in [2.24, 2.45) is 5.89 Å². The van der Waals surface area contributed by atoms with E-state index in [0.717, 1.165) is 6.26 Å². The zero-order chi connectivity index (χ0) is 25.6. The zero-order valence-corrected chi connectivity index (χ0v) is 11.9. The number of rotatable bonds is 3. The maximum atomic E-state index is 14.2. The summed E-state index contributed by atoms with van der Waals surface area (Å²) < 4.78 is 124. The summed E-state index contributed by atoms with van der Waals surface area (Å²) in [7, 11) is 0. The van der Waals surface area contributed by atoms with Crippen molar-refractivity contribution in [3.05, 3.63) is 29.8 Å². The maximum Gasteiger partial charge on any atom is 0.262 e. The lowest BCUT2D eigenvalue weighted by Crippen LogP contribution is -2.68. The predicted octanol–water partition coefficient (Wildman–Crippen LogP) is 1.01. The molecule has 1 amide bonds. The van der Waals surface area contributed by atoms with Crippen molar-refractivity contribution in [3.8, 4) is 5.75 Å². The van der Waals surface area contributed by atoms with E-state index < -0.39 is 65.1 Å². The lowest BCUT2D eigenvalue weighted by molar-refractivity contribution is -0.134. The SMILES string of the molecule is [2H]N1C([2H])(SC)N([2H])C2([2H])N([2H])C(=O)C([2H])(Oc3ccc(F)cc3F)C([2H])([2H])C2([2H])C1([2H])[2H]. The summed E-state index contributed by atoms with van der Waals surface area (Å²) in [5, 5.41) is -1.13. The minimum Gasteiger partial charge on any atom is -0.478 e. The first kappa shape index (κ1) is 7.02. The van der Waals surface area contributed by atoms with Crippen LogP contribution in [0, 0.1) is 17.5 Å². The summed E-state index contributed by atoms with van der Waals surface area (Å²) in [5.41, 5.74) is -2.84. The second-order valence-electron chi connectivity index (χ2n) is 4.07. The van der Waals surface area contributed by atoms with Crippen LogP contribution in [0.25, 0.3) is 0 Å². The van der Waals surface area contributed by atoms with Crippen molar-refractivity contribution >= 4 is 17.7 Å². The van der Waals surface area contributed by atoms with Crippen LogP contribution in [0.2, 0.25) is 4.24 Å². The van der Waals surface area contributed by atoms with Gasteiger partial charge in [0, 0.05) is 31.7 Å². The number of amides is 1. The van der Waals surface area contributed by atoms with Gasteiger partial charge in [0.05, 0.1) is 10.3 Å². The van der Waals surface area contributed by atoms with Gasteiger partial charge < -0.3 is 10.0 Å². The standard InChI is InChI=1S/C14H17F2N3O2S/c1-22-14-17-6-7-4-11(13(20)18-12(7)19-14)21-10-3-2-8(15)5-9(10)16/h2-3,5,7,11-12,14,17,19H,4,6H2,1H3,(H,18,20)/i4D2,6D2,7D,11D,12D,14D/hD3. The Labute approximate surface area is 146 Å². The van der Waals surface area contributed by atoms with E-state index in [4.69, 9.17) is 19.9 Å². The van der Waals surface area contributed by atoms with E-state index in [1.165, 1.54) is 0 Å². The number of piperidine rings is 1. The third kappa shape index (κ3) is 3.18. The van der Waals surface area contributed by atoms with Gasteiger partial charge in [0.25, 0.3) is 5.91 Å². The van der Waals surface area contributed by atoms with Gasteiger partial charge in [-0.25, -0.2) is 8.78 Å². The molecule has 0 bridgehead atoms. The largest absolute Gasteiger partial charge is 0.478 e. The molecule has 4 unspecified atom stereocenters. The Balaban J connectivity index is 2.32. The van der Waals surface area contributed by atoms with Gasteiger partial charge in [0.1, 0.15) is 14.1 Å². The third-order valence-corrected chi connectivity index (χ3v) is 3.16. The van der Waals surface area contributed by atoms with Gasteiger partial charge in [-0.3, -0.25) is 15.4 Å². The first-order chi connectivity index (χ1) is 14.8. The number of hydrogen-bond acceptors (Lipinski definition) is 5. The molecule has 0 aliphatic carbocycles. The molecule has 8 heteroatoms. The van der Waals surface area contributed by atoms with Crippen molar-refractivity contribution in [2.75, 3.05) is 12.8 Å². The van der Waals surface area contributed by atoms with E-state index in [1.54, 1.807) is 0 Å². The molecule has 0 radical (unpaired) electrons. The van der Waals surface area contributed by atoms with Crippen molar-refractivity contribution in [3.63, 3.8) is 0 Å². The predicted molar refractivity (Wildman–Crippen MR) is 79.3 cm³/mol. The van der Waals surface area contributed by atoms with Gasteiger partial charge in [0.2, 0.25) is 0 Å². The molecule has 5 nitrogen and oxygen atoms in total. The Hall–Kier alpha value is -1.38. The summed E-state index contributed by atoms with van der Waals surface area (Å²) in [6, 6.07) is 1.54. The van der Waals surface area contributed by atoms with Crippen LogP contribution in [0.3, 0.4) is 0 Å². The molecular formula is C14H17F2N3O2S. The molecule has 22 heavy (non-hydrogen) atoms. The third-order valence-electron chi connectivity index (χ3n) is 2.62. The van der Waals surface area contributed by atoms with Crippen molar-refractivity contribution in [1.29, 1.82) is 0 Å². The van der Waals surface area contributed by atoms with Gasteiger partial charge in [-0.1, -0.05) is 0 Å². The molecule has 4 atom stereocenters. The number of carbonyl (C=O) groups is 1. The summed E-state index contributed by atoms with van der Waals surface area (Å²) in [6.07, 6.45) is -10.2. The summed E-state index contributed by atoms with van der Waals surface area (Å²) in [5.74, 6) is -9.48. The number of halogens is 2. The minimum absolute atomic E-state index is 0.271. The average Bonchev–Trinajstić information content (AvgIpc) is 2.75. The lowest BCUT2D eigenvalue weighted by Gasteiger charge is -2.42. The van der Waals surface area contributed by atoms with E-state index in [0.29, 0.717) is 23.9 Å². The Morgan fingerprint density at radius 2 is 2.36 bits per heavy atom. The highest BCUT2D eigenvalue weighted by Crippen LogP contribution is 2.26. The number of nitrogens with one attached hydrogen (secondary N) is 3. The smallest absolute Gasteiger partial charge is 0.262 e. The molecule has 3 rings (SSSR count). The van der Waals surface area contributed by atoms with E-state index in [2.05, 4.69) is 0 Å². The molecule has 3 N–H and O–H groups in total. The van der Waals surface area contributed by atoms with Gasteiger partial charge >= 0.3 is 0 Å². The highest BCUT2D eigenvalue weighted by atomic mass is 32.2. The molecule has 0 saturated carbocycles. The number of hydrogen-bond donors (Lipinski definition) is 3. The summed E-state index contributed by atoms with van der Waals surface area (Å²) in [6.45, 7) is -3.70. The van der Waals surface area contributed by atoms with Crippen LogP contribution < -0.4 is 20.7 Å². The fraction of sp³-hybridized carbons (Fsp3) is 0.500. The van der Waals surface area contributed by atoms with Crippen molar-refractivity contribution < 1.29 is 33.5 Å². The van der Waals surface area contributed by atoms with Gasteiger partial charge in [-0.15, -0.1) is 11.8 Å². The maximum absolute atomic E-state index is 14.2. The fourth-order valence-electron chi connectivity index (χ4n) is 1.63. The molecule has 1 aromatic rings. The normalized spacial score (nSPS) is 58.8. The minimum atomic E-state index is -3.96. The molecule has 2 aliphatic rings. The number of fused-ring (bicyclic) bond motifs is 1. The average molecular weight is 340 g/mol. The molecule has 2 heterocycles. The highest BCUT2D eigenvalue weighted by Gasteiger charge is 2.40. The molecule has 2 fully saturated rings. The molecule has 2 saturated heterocycles. The second kappa shape index (κ2) is 6.39. The Bertz CT molecular complexity index is 1010. The Morgan fingerprint density at radius 1 is 1.55 bits per heavy atom. The molecule has 2 aliphatic heterocycles. The topological polar surface area (TPSA) is 62.4 Å². The molecule has 120 valence electrons. The molecule has 0 aromatic heterocycles. The summed E-state index contributed by atoms with van der Waals surface area (Å²) in [4.78, 5) is 13.0. The first-order valence-corrected chi connectivity index (χ1v) is 7.16. The van der Waals surface area contributed by atoms with E-state index in [9.17, 15) is 13.6 Å². The molecule has 0 spiro atoms. The Morgan fingerprint density at radius 3 is 3.09 bits per heavy atom. The number of ether oxygens (including phenoxy) is 1.